The Kier molecular flexibility index (Phi) is 3.54. The van der Waals surface area contributed by atoms with Gasteiger partial charge in [0.1, 0.15) is 5.75 Å². The highest BCUT2D eigenvalue weighted by molar-refractivity contribution is 7.92. The summed E-state index contributed by atoms with van der Waals surface area (Å²) < 4.78 is 28.9. The van der Waals surface area contributed by atoms with Crippen LogP contribution in [0.15, 0.2) is 52.0 Å². The summed E-state index contributed by atoms with van der Waals surface area (Å²) >= 11 is 5.80. The number of ketones is 1. The molecule has 0 radical (unpaired) electrons. The number of rotatable bonds is 4. The number of benzene rings is 1. The third-order valence-electron chi connectivity index (χ3n) is 2.29. The second kappa shape index (κ2) is 4.96. The van der Waals surface area contributed by atoms with Crippen molar-refractivity contribution in [2.24, 2.45) is 0 Å². The molecule has 0 bridgehead atoms. The maximum Gasteiger partial charge on any atom is 0.213 e. The van der Waals surface area contributed by atoms with Gasteiger partial charge in [0.15, 0.2) is 15.6 Å². The quantitative estimate of drug-likeness (QED) is 0.810. The largest absolute Gasteiger partial charge is 0.461 e. The SMILES string of the molecule is O=C(CS(=O)(=O)c1ccccc1Cl)c1ccco1. The highest BCUT2D eigenvalue weighted by Crippen LogP contribution is 2.22. The summed E-state index contributed by atoms with van der Waals surface area (Å²) in [5, 5.41) is 0.102. The Balaban J connectivity index is 2.29. The van der Waals surface area contributed by atoms with E-state index in [9.17, 15) is 13.2 Å². The summed E-state index contributed by atoms with van der Waals surface area (Å²) in [5.74, 6) is -1.24. The number of sulfone groups is 1. The Bertz CT molecular complexity index is 659. The zero-order valence-corrected chi connectivity index (χ0v) is 10.7. The lowest BCUT2D eigenvalue weighted by molar-refractivity contribution is 0.0990. The first-order valence-electron chi connectivity index (χ1n) is 5.05. The van der Waals surface area contributed by atoms with E-state index in [-0.39, 0.29) is 15.7 Å². The minimum atomic E-state index is -3.76. The number of furan rings is 1. The van der Waals surface area contributed by atoms with Crippen LogP contribution in [0.1, 0.15) is 10.6 Å². The fourth-order valence-corrected chi connectivity index (χ4v) is 3.24. The predicted octanol–water partition coefficient (Wildman–Crippen LogP) is 2.59. The van der Waals surface area contributed by atoms with Crippen LogP contribution in [0.3, 0.4) is 0 Å². The van der Waals surface area contributed by atoms with Crippen molar-refractivity contribution in [1.29, 1.82) is 0 Å². The van der Waals surface area contributed by atoms with E-state index in [0.717, 1.165) is 0 Å². The molecule has 0 spiro atoms. The van der Waals surface area contributed by atoms with E-state index in [1.807, 2.05) is 0 Å². The molecule has 0 saturated heterocycles. The Labute approximate surface area is 109 Å². The van der Waals surface area contributed by atoms with Gasteiger partial charge in [-0.15, -0.1) is 0 Å². The number of Topliss-reactive ketones (excluding diaryl/α,β-unsaturated/α-hetero) is 1. The van der Waals surface area contributed by atoms with E-state index in [2.05, 4.69) is 0 Å². The Hall–Kier alpha value is -1.59. The van der Waals surface area contributed by atoms with E-state index < -0.39 is 21.4 Å². The molecule has 1 aromatic heterocycles. The predicted molar refractivity (Wildman–Crippen MR) is 66.5 cm³/mol. The van der Waals surface area contributed by atoms with Crippen molar-refractivity contribution in [2.45, 2.75) is 4.90 Å². The van der Waals surface area contributed by atoms with Gasteiger partial charge in [0.25, 0.3) is 0 Å². The first-order chi connectivity index (χ1) is 8.50. The van der Waals surface area contributed by atoms with Gasteiger partial charge in [-0.05, 0) is 24.3 Å². The van der Waals surface area contributed by atoms with Gasteiger partial charge in [-0.25, -0.2) is 8.42 Å². The van der Waals surface area contributed by atoms with Gasteiger partial charge in [-0.1, -0.05) is 23.7 Å². The Morgan fingerprint density at radius 3 is 2.50 bits per heavy atom. The molecule has 0 aliphatic heterocycles. The third-order valence-corrected chi connectivity index (χ3v) is 4.40. The number of halogens is 1. The first kappa shape index (κ1) is 12.9. The lowest BCUT2D eigenvalue weighted by Crippen LogP contribution is -2.16. The molecule has 4 nitrogen and oxygen atoms in total. The topological polar surface area (TPSA) is 64.3 Å². The van der Waals surface area contributed by atoms with Crippen molar-refractivity contribution in [2.75, 3.05) is 5.75 Å². The van der Waals surface area contributed by atoms with E-state index in [4.69, 9.17) is 16.0 Å². The minimum absolute atomic E-state index is 0.0191. The molecule has 0 unspecified atom stereocenters. The summed E-state index contributed by atoms with van der Waals surface area (Å²) in [5.41, 5.74) is 0. The molecular weight excluding hydrogens is 276 g/mol. The van der Waals surface area contributed by atoms with Gasteiger partial charge in [-0.2, -0.15) is 0 Å². The molecule has 0 N–H and O–H groups in total. The maximum absolute atomic E-state index is 12.0. The molecule has 1 heterocycles. The van der Waals surface area contributed by atoms with Crippen LogP contribution in [0.2, 0.25) is 5.02 Å². The molecule has 0 aliphatic carbocycles. The molecule has 2 aromatic rings. The van der Waals surface area contributed by atoms with Crippen molar-refractivity contribution in [1.82, 2.24) is 0 Å². The van der Waals surface area contributed by atoms with Gasteiger partial charge in [0.2, 0.25) is 5.78 Å². The van der Waals surface area contributed by atoms with Crippen molar-refractivity contribution < 1.29 is 17.6 Å². The van der Waals surface area contributed by atoms with Crippen LogP contribution in [0, 0.1) is 0 Å². The Morgan fingerprint density at radius 1 is 1.17 bits per heavy atom. The van der Waals surface area contributed by atoms with Gasteiger partial charge in [-0.3, -0.25) is 4.79 Å². The highest BCUT2D eigenvalue weighted by Gasteiger charge is 2.23. The van der Waals surface area contributed by atoms with Crippen LogP contribution >= 0.6 is 11.6 Å². The van der Waals surface area contributed by atoms with Gasteiger partial charge in [0.05, 0.1) is 16.2 Å². The average molecular weight is 285 g/mol. The van der Waals surface area contributed by atoms with Crippen molar-refractivity contribution in [3.63, 3.8) is 0 Å². The zero-order valence-electron chi connectivity index (χ0n) is 9.17. The van der Waals surface area contributed by atoms with Crippen LogP contribution in [-0.4, -0.2) is 20.0 Å². The normalized spacial score (nSPS) is 11.4. The van der Waals surface area contributed by atoms with Crippen LogP contribution in [0.25, 0.3) is 0 Å². The summed E-state index contributed by atoms with van der Waals surface area (Å²) in [6.07, 6.45) is 1.31. The summed E-state index contributed by atoms with van der Waals surface area (Å²) in [4.78, 5) is 11.6. The van der Waals surface area contributed by atoms with E-state index in [0.29, 0.717) is 0 Å². The number of carbonyl (C=O) groups excluding carboxylic acids is 1. The standard InChI is InChI=1S/C12H9ClO4S/c13-9-4-1-2-6-12(9)18(15,16)8-10(14)11-5-3-7-17-11/h1-7H,8H2. The molecule has 2 rings (SSSR count). The Morgan fingerprint density at radius 2 is 1.89 bits per heavy atom. The van der Waals surface area contributed by atoms with Crippen LogP contribution in [0.4, 0.5) is 0 Å². The number of carbonyl (C=O) groups is 1. The zero-order chi connectivity index (χ0) is 13.2. The lowest BCUT2D eigenvalue weighted by Gasteiger charge is -2.04. The second-order valence-electron chi connectivity index (χ2n) is 3.59. The van der Waals surface area contributed by atoms with Crippen molar-refractivity contribution >= 4 is 27.2 Å². The van der Waals surface area contributed by atoms with Gasteiger partial charge < -0.3 is 4.42 Å². The molecule has 0 amide bonds. The highest BCUT2D eigenvalue weighted by atomic mass is 35.5. The maximum atomic E-state index is 12.0. The van der Waals surface area contributed by atoms with Crippen molar-refractivity contribution in [3.05, 3.63) is 53.4 Å². The van der Waals surface area contributed by atoms with E-state index in [1.165, 1.54) is 30.5 Å². The average Bonchev–Trinajstić information content (AvgIpc) is 2.82. The molecule has 1 aromatic carbocycles. The number of hydrogen-bond donors (Lipinski definition) is 0. The smallest absolute Gasteiger partial charge is 0.213 e. The van der Waals surface area contributed by atoms with Crippen molar-refractivity contribution in [3.8, 4) is 0 Å². The minimum Gasteiger partial charge on any atom is -0.461 e. The fraction of sp³-hybridized carbons (Fsp3) is 0.0833. The molecular formula is C12H9ClO4S. The van der Waals surface area contributed by atoms with E-state index >= 15 is 0 Å². The molecule has 94 valence electrons. The van der Waals surface area contributed by atoms with Gasteiger partial charge in [0, 0.05) is 0 Å². The lowest BCUT2D eigenvalue weighted by atomic mass is 10.3. The monoisotopic (exact) mass is 284 g/mol. The molecule has 0 saturated carbocycles. The number of hydrogen-bond acceptors (Lipinski definition) is 4. The molecule has 0 atom stereocenters. The summed E-state index contributed by atoms with van der Waals surface area (Å²) in [7, 11) is -3.76. The first-order valence-corrected chi connectivity index (χ1v) is 7.08. The van der Waals surface area contributed by atoms with Crippen LogP contribution in [0.5, 0.6) is 0 Å². The van der Waals surface area contributed by atoms with Crippen LogP contribution in [-0.2, 0) is 9.84 Å². The summed E-state index contributed by atoms with van der Waals surface area (Å²) in [6, 6.07) is 8.95. The third kappa shape index (κ3) is 2.63. The molecule has 0 fully saturated rings. The fourth-order valence-electron chi connectivity index (χ4n) is 1.46. The molecule has 0 aliphatic rings. The molecule has 18 heavy (non-hydrogen) atoms. The van der Waals surface area contributed by atoms with E-state index in [1.54, 1.807) is 12.1 Å². The molecule has 6 heteroatoms. The second-order valence-corrected chi connectivity index (χ2v) is 5.96. The summed E-state index contributed by atoms with van der Waals surface area (Å²) in [6.45, 7) is 0. The van der Waals surface area contributed by atoms with Gasteiger partial charge >= 0.3 is 0 Å². The van der Waals surface area contributed by atoms with Crippen LogP contribution < -0.4 is 0 Å².